The Morgan fingerprint density at radius 2 is 1.75 bits per heavy atom. The van der Waals surface area contributed by atoms with Crippen LogP contribution in [0.5, 0.6) is 0 Å². The Morgan fingerprint density at radius 1 is 1.04 bits per heavy atom. The van der Waals surface area contributed by atoms with Crippen LogP contribution in [0.15, 0.2) is 59.5 Å². The fraction of sp³-hybridized carbons (Fsp3) is 0.0588. The third kappa shape index (κ3) is 3.37. The first-order valence-corrected chi connectivity index (χ1v) is 8.09. The first-order valence-electron chi connectivity index (χ1n) is 6.86. The molecule has 7 heteroatoms. The van der Waals surface area contributed by atoms with Crippen LogP contribution in [0.1, 0.15) is 11.1 Å². The maximum absolute atomic E-state index is 12.8. The number of amides is 1. The normalized spacial score (nSPS) is 17.0. The van der Waals surface area contributed by atoms with Gasteiger partial charge in [0.15, 0.2) is 4.32 Å². The minimum Gasteiger partial charge on any atom is -0.268 e. The molecule has 122 valence electrons. The fourth-order valence-corrected chi connectivity index (χ4v) is 3.52. The van der Waals surface area contributed by atoms with E-state index in [2.05, 4.69) is 0 Å². The van der Waals surface area contributed by atoms with Gasteiger partial charge in [-0.05, 0) is 35.9 Å². The molecule has 3 rings (SSSR count). The van der Waals surface area contributed by atoms with Crippen molar-refractivity contribution in [1.29, 1.82) is 0 Å². The molecule has 2 aromatic rings. The number of thioether (sulfide) groups is 1. The Balaban J connectivity index is 1.93. The van der Waals surface area contributed by atoms with Crippen LogP contribution in [0.4, 0.5) is 18.9 Å². The van der Waals surface area contributed by atoms with Gasteiger partial charge < -0.3 is 0 Å². The van der Waals surface area contributed by atoms with Crippen molar-refractivity contribution < 1.29 is 18.0 Å². The van der Waals surface area contributed by atoms with Gasteiger partial charge in [0.2, 0.25) is 0 Å². The topological polar surface area (TPSA) is 20.3 Å². The second-order valence-corrected chi connectivity index (χ2v) is 6.65. The predicted octanol–water partition coefficient (Wildman–Crippen LogP) is 5.11. The van der Waals surface area contributed by atoms with Gasteiger partial charge in [-0.25, -0.2) is 0 Å². The van der Waals surface area contributed by atoms with E-state index >= 15 is 0 Å². The molecule has 0 radical (unpaired) electrons. The molecule has 24 heavy (non-hydrogen) atoms. The Hall–Kier alpha value is -2.12. The van der Waals surface area contributed by atoms with E-state index in [0.29, 0.717) is 20.5 Å². The summed E-state index contributed by atoms with van der Waals surface area (Å²) in [5.41, 5.74) is 0.181. The average molecular weight is 365 g/mol. The molecule has 0 aliphatic carbocycles. The molecule has 2 aromatic carbocycles. The highest BCUT2D eigenvalue weighted by molar-refractivity contribution is 8.27. The third-order valence-electron chi connectivity index (χ3n) is 3.32. The van der Waals surface area contributed by atoms with Crippen molar-refractivity contribution in [2.24, 2.45) is 0 Å². The smallest absolute Gasteiger partial charge is 0.268 e. The summed E-state index contributed by atoms with van der Waals surface area (Å²) in [4.78, 5) is 14.2. The average Bonchev–Trinajstić information content (AvgIpc) is 2.82. The molecular weight excluding hydrogens is 355 g/mol. The molecule has 0 atom stereocenters. The Kier molecular flexibility index (Phi) is 4.47. The molecule has 1 aliphatic rings. The SMILES string of the molecule is O=C1/C(=C\c2cccc(C(F)(F)F)c2)SC(=S)N1c1ccccc1. The standard InChI is InChI=1S/C17H10F3NOS2/c18-17(19,20)12-6-4-5-11(9-12)10-14-15(22)21(16(23)24-14)13-7-2-1-3-8-13/h1-10H/b14-10+. The number of nitrogens with zero attached hydrogens (tertiary/aromatic N) is 1. The summed E-state index contributed by atoms with van der Waals surface area (Å²) in [5, 5.41) is 0. The first-order chi connectivity index (χ1) is 11.4. The first kappa shape index (κ1) is 16.7. The van der Waals surface area contributed by atoms with Gasteiger partial charge in [0, 0.05) is 0 Å². The van der Waals surface area contributed by atoms with Crippen molar-refractivity contribution in [3.8, 4) is 0 Å². The van der Waals surface area contributed by atoms with Gasteiger partial charge in [-0.2, -0.15) is 13.2 Å². The highest BCUT2D eigenvalue weighted by Crippen LogP contribution is 2.36. The molecule has 0 N–H and O–H groups in total. The lowest BCUT2D eigenvalue weighted by Crippen LogP contribution is -2.27. The van der Waals surface area contributed by atoms with Crippen LogP contribution in [0, 0.1) is 0 Å². The number of rotatable bonds is 2. The van der Waals surface area contributed by atoms with Crippen molar-refractivity contribution in [1.82, 2.24) is 0 Å². The van der Waals surface area contributed by atoms with Gasteiger partial charge in [0.25, 0.3) is 5.91 Å². The molecule has 0 aromatic heterocycles. The Bertz CT molecular complexity index is 831. The number of thiocarbonyl (C=S) groups is 1. The zero-order valence-electron chi connectivity index (χ0n) is 12.1. The van der Waals surface area contributed by atoms with E-state index in [1.807, 2.05) is 6.07 Å². The van der Waals surface area contributed by atoms with E-state index in [9.17, 15) is 18.0 Å². The van der Waals surface area contributed by atoms with Crippen LogP contribution < -0.4 is 4.90 Å². The summed E-state index contributed by atoms with van der Waals surface area (Å²) < 4.78 is 38.7. The molecule has 1 fully saturated rings. The summed E-state index contributed by atoms with van der Waals surface area (Å²) in [6.45, 7) is 0. The predicted molar refractivity (Wildman–Crippen MR) is 93.5 cm³/mol. The zero-order chi connectivity index (χ0) is 17.3. The summed E-state index contributed by atoms with van der Waals surface area (Å²) in [6.07, 6.45) is -3.00. The molecule has 1 amide bonds. The van der Waals surface area contributed by atoms with E-state index in [0.717, 1.165) is 23.9 Å². The van der Waals surface area contributed by atoms with Crippen LogP contribution in [-0.2, 0) is 11.0 Å². The highest BCUT2D eigenvalue weighted by Gasteiger charge is 2.34. The second kappa shape index (κ2) is 6.41. The lowest BCUT2D eigenvalue weighted by Gasteiger charge is -2.13. The van der Waals surface area contributed by atoms with Crippen molar-refractivity contribution in [3.63, 3.8) is 0 Å². The van der Waals surface area contributed by atoms with E-state index in [1.54, 1.807) is 24.3 Å². The lowest BCUT2D eigenvalue weighted by atomic mass is 10.1. The summed E-state index contributed by atoms with van der Waals surface area (Å²) >= 11 is 6.30. The largest absolute Gasteiger partial charge is 0.416 e. The van der Waals surface area contributed by atoms with Crippen LogP contribution in [0.3, 0.4) is 0 Å². The van der Waals surface area contributed by atoms with Gasteiger partial charge in [-0.1, -0.05) is 54.3 Å². The number of carbonyl (C=O) groups is 1. The number of halogens is 3. The van der Waals surface area contributed by atoms with Crippen LogP contribution >= 0.6 is 24.0 Å². The molecule has 2 nitrogen and oxygen atoms in total. The van der Waals surface area contributed by atoms with Crippen LogP contribution in [-0.4, -0.2) is 10.2 Å². The number of hydrogen-bond donors (Lipinski definition) is 0. The highest BCUT2D eigenvalue weighted by atomic mass is 32.2. The number of carbonyl (C=O) groups excluding carboxylic acids is 1. The number of benzene rings is 2. The Labute approximate surface area is 146 Å². The van der Waals surface area contributed by atoms with Crippen LogP contribution in [0.25, 0.3) is 6.08 Å². The van der Waals surface area contributed by atoms with Crippen molar-refractivity contribution in [2.45, 2.75) is 6.18 Å². The molecule has 1 heterocycles. The molecule has 0 unspecified atom stereocenters. The number of anilines is 1. The maximum Gasteiger partial charge on any atom is 0.416 e. The summed E-state index contributed by atoms with van der Waals surface area (Å²) in [5.74, 6) is -0.339. The minimum absolute atomic E-state index is 0.295. The maximum atomic E-state index is 12.8. The van der Waals surface area contributed by atoms with Gasteiger partial charge in [0.05, 0.1) is 16.2 Å². The third-order valence-corrected chi connectivity index (χ3v) is 4.62. The van der Waals surface area contributed by atoms with E-state index < -0.39 is 11.7 Å². The van der Waals surface area contributed by atoms with Crippen molar-refractivity contribution in [3.05, 3.63) is 70.6 Å². The minimum atomic E-state index is -4.42. The zero-order valence-corrected chi connectivity index (χ0v) is 13.7. The van der Waals surface area contributed by atoms with Crippen LogP contribution in [0.2, 0.25) is 0 Å². The second-order valence-electron chi connectivity index (χ2n) is 4.98. The fourth-order valence-electron chi connectivity index (χ4n) is 2.22. The van der Waals surface area contributed by atoms with E-state index in [1.165, 1.54) is 23.1 Å². The number of alkyl halides is 3. The summed E-state index contributed by atoms with van der Waals surface area (Å²) in [7, 11) is 0. The molecule has 1 aliphatic heterocycles. The Morgan fingerprint density at radius 3 is 2.42 bits per heavy atom. The van der Waals surface area contributed by atoms with Crippen molar-refractivity contribution >= 4 is 46.0 Å². The summed E-state index contributed by atoms with van der Waals surface area (Å²) in [6, 6.07) is 13.7. The molecule has 0 spiro atoms. The molecule has 0 saturated carbocycles. The van der Waals surface area contributed by atoms with Gasteiger partial charge in [-0.3, -0.25) is 9.69 Å². The quantitative estimate of drug-likeness (QED) is 0.545. The number of para-hydroxylation sites is 1. The van der Waals surface area contributed by atoms with E-state index in [-0.39, 0.29) is 5.91 Å². The number of hydrogen-bond acceptors (Lipinski definition) is 3. The molecule has 0 bridgehead atoms. The molecular formula is C17H10F3NOS2. The van der Waals surface area contributed by atoms with Gasteiger partial charge >= 0.3 is 6.18 Å². The van der Waals surface area contributed by atoms with Gasteiger partial charge in [-0.15, -0.1) is 0 Å². The monoisotopic (exact) mass is 365 g/mol. The van der Waals surface area contributed by atoms with E-state index in [4.69, 9.17) is 12.2 Å². The van der Waals surface area contributed by atoms with Gasteiger partial charge in [0.1, 0.15) is 0 Å². The van der Waals surface area contributed by atoms with Crippen molar-refractivity contribution in [2.75, 3.05) is 4.90 Å². The lowest BCUT2D eigenvalue weighted by molar-refractivity contribution is -0.137. The molecule has 1 saturated heterocycles.